The summed E-state index contributed by atoms with van der Waals surface area (Å²) >= 11 is 1.94. The van der Waals surface area contributed by atoms with Crippen LogP contribution in [0.5, 0.6) is 0 Å². The molecule has 5 rings (SSSR count). The first-order valence-electron chi connectivity index (χ1n) is 12.0. The van der Waals surface area contributed by atoms with Gasteiger partial charge in [-0.25, -0.2) is 4.99 Å². The molecule has 1 saturated heterocycles. The van der Waals surface area contributed by atoms with Crippen molar-refractivity contribution < 1.29 is 4.92 Å². The summed E-state index contributed by atoms with van der Waals surface area (Å²) in [6.45, 7) is 2.05. The van der Waals surface area contributed by atoms with Crippen LogP contribution in [0.3, 0.4) is 0 Å². The molecule has 168 valence electrons. The number of benzene rings is 2. The van der Waals surface area contributed by atoms with Gasteiger partial charge in [0.2, 0.25) is 0 Å². The fourth-order valence-corrected chi connectivity index (χ4v) is 7.37. The summed E-state index contributed by atoms with van der Waals surface area (Å²) < 4.78 is 0. The number of aryl methyl sites for hydroxylation is 1. The van der Waals surface area contributed by atoms with Crippen molar-refractivity contribution >= 4 is 28.3 Å². The number of hydrogen-bond acceptors (Lipinski definition) is 4. The van der Waals surface area contributed by atoms with Gasteiger partial charge in [-0.15, -0.1) is 0 Å². The lowest BCUT2D eigenvalue weighted by Crippen LogP contribution is -2.50. The highest BCUT2D eigenvalue weighted by atomic mass is 32.2. The van der Waals surface area contributed by atoms with Gasteiger partial charge in [-0.3, -0.25) is 10.1 Å². The number of thioether (sulfide) groups is 1. The van der Waals surface area contributed by atoms with E-state index in [0.717, 1.165) is 34.6 Å². The molecule has 0 bridgehead atoms. The lowest BCUT2D eigenvalue weighted by atomic mass is 9.95. The molecule has 0 atom stereocenters. The molecule has 1 aliphatic heterocycles. The van der Waals surface area contributed by atoms with Crippen molar-refractivity contribution in [2.45, 2.75) is 76.3 Å². The van der Waals surface area contributed by atoms with Gasteiger partial charge < -0.3 is 4.90 Å². The summed E-state index contributed by atoms with van der Waals surface area (Å²) in [6.07, 6.45) is 11.2. The number of aliphatic imine (C=N–C) groups is 1. The molecule has 0 aromatic heterocycles. The van der Waals surface area contributed by atoms with Crippen molar-refractivity contribution in [2.75, 3.05) is 5.75 Å². The average molecular weight is 450 g/mol. The highest BCUT2D eigenvalue weighted by Gasteiger charge is 2.49. The normalized spacial score (nSPS) is 21.8. The second-order valence-electron chi connectivity index (χ2n) is 9.39. The number of amidine groups is 1. The number of nitrogens with zero attached hydrogens (tertiary/aromatic N) is 3. The molecule has 2 aromatic rings. The molecule has 1 heterocycles. The smallest absolute Gasteiger partial charge is 0.269 e. The van der Waals surface area contributed by atoms with Gasteiger partial charge in [0.15, 0.2) is 5.17 Å². The Morgan fingerprint density at radius 2 is 1.84 bits per heavy atom. The summed E-state index contributed by atoms with van der Waals surface area (Å²) in [5.41, 5.74) is 4.52. The van der Waals surface area contributed by atoms with Crippen molar-refractivity contribution in [1.29, 1.82) is 0 Å². The van der Waals surface area contributed by atoms with Gasteiger partial charge >= 0.3 is 0 Å². The van der Waals surface area contributed by atoms with Crippen LogP contribution < -0.4 is 0 Å². The number of non-ortho nitro benzene ring substituents is 1. The van der Waals surface area contributed by atoms with Crippen molar-refractivity contribution in [3.8, 4) is 11.1 Å². The van der Waals surface area contributed by atoms with Gasteiger partial charge in [0, 0.05) is 29.5 Å². The Kier molecular flexibility index (Phi) is 5.97. The van der Waals surface area contributed by atoms with Crippen LogP contribution in [0.4, 0.5) is 11.4 Å². The molecule has 2 aliphatic carbocycles. The van der Waals surface area contributed by atoms with Crippen LogP contribution in [-0.2, 0) is 6.42 Å². The van der Waals surface area contributed by atoms with E-state index in [9.17, 15) is 10.1 Å². The van der Waals surface area contributed by atoms with Gasteiger partial charge in [-0.2, -0.15) is 0 Å². The van der Waals surface area contributed by atoms with Crippen LogP contribution in [0.15, 0.2) is 47.5 Å². The molecule has 2 aromatic carbocycles. The van der Waals surface area contributed by atoms with Gasteiger partial charge in [-0.05, 0) is 55.4 Å². The zero-order valence-electron chi connectivity index (χ0n) is 18.8. The first kappa shape index (κ1) is 21.5. The topological polar surface area (TPSA) is 58.7 Å². The molecule has 32 heavy (non-hydrogen) atoms. The van der Waals surface area contributed by atoms with Crippen LogP contribution >= 0.6 is 11.8 Å². The van der Waals surface area contributed by atoms with Gasteiger partial charge in [-0.1, -0.05) is 62.6 Å². The highest BCUT2D eigenvalue weighted by molar-refractivity contribution is 8.14. The number of rotatable bonds is 5. The quantitative estimate of drug-likeness (QED) is 0.360. The molecule has 0 N–H and O–H groups in total. The molecule has 6 heteroatoms. The van der Waals surface area contributed by atoms with Crippen molar-refractivity contribution in [3.05, 3.63) is 58.1 Å². The zero-order chi connectivity index (χ0) is 22.1. The van der Waals surface area contributed by atoms with Crippen LogP contribution in [-0.4, -0.2) is 32.3 Å². The van der Waals surface area contributed by atoms with E-state index < -0.39 is 0 Å². The lowest BCUT2D eigenvalue weighted by Gasteiger charge is -2.40. The Morgan fingerprint density at radius 3 is 2.56 bits per heavy atom. The Labute approximate surface area is 194 Å². The molecule has 1 spiro atoms. The number of hydrogen-bond donors (Lipinski definition) is 0. The van der Waals surface area contributed by atoms with E-state index in [0.29, 0.717) is 11.6 Å². The van der Waals surface area contributed by atoms with Crippen LogP contribution in [0, 0.1) is 10.1 Å². The average Bonchev–Trinajstić information content (AvgIpc) is 3.57. The summed E-state index contributed by atoms with van der Waals surface area (Å²) in [6, 6.07) is 14.1. The van der Waals surface area contributed by atoms with E-state index in [2.05, 4.69) is 24.0 Å². The molecule has 3 aliphatic rings. The van der Waals surface area contributed by atoms with Gasteiger partial charge in [0.25, 0.3) is 5.69 Å². The molecular formula is C26H31N3O2S. The van der Waals surface area contributed by atoms with E-state index in [1.54, 1.807) is 12.1 Å². The van der Waals surface area contributed by atoms with Crippen LogP contribution in [0.25, 0.3) is 11.1 Å². The van der Waals surface area contributed by atoms with Crippen LogP contribution in [0.1, 0.15) is 63.9 Å². The third-order valence-corrected chi connectivity index (χ3v) is 8.73. The van der Waals surface area contributed by atoms with E-state index in [1.807, 2.05) is 30.0 Å². The minimum absolute atomic E-state index is 0.149. The Hall–Kier alpha value is -2.34. The summed E-state index contributed by atoms with van der Waals surface area (Å²) in [4.78, 5) is 19.0. The maximum Gasteiger partial charge on any atom is 0.269 e. The van der Waals surface area contributed by atoms with Crippen LogP contribution in [0.2, 0.25) is 0 Å². The van der Waals surface area contributed by atoms with Crippen molar-refractivity contribution in [1.82, 2.24) is 4.90 Å². The maximum absolute atomic E-state index is 11.3. The monoisotopic (exact) mass is 449 g/mol. The van der Waals surface area contributed by atoms with Gasteiger partial charge in [0.05, 0.1) is 16.1 Å². The predicted octanol–water partition coefficient (Wildman–Crippen LogP) is 7.12. The number of nitro groups is 1. The Bertz CT molecular complexity index is 1040. The zero-order valence-corrected chi connectivity index (χ0v) is 19.6. The summed E-state index contributed by atoms with van der Waals surface area (Å²) in [5.74, 6) is 1.16. The Balaban J connectivity index is 1.56. The molecule has 3 fully saturated rings. The molecule has 0 amide bonds. The fraction of sp³-hybridized carbons (Fsp3) is 0.500. The third-order valence-electron chi connectivity index (χ3n) is 7.50. The van der Waals surface area contributed by atoms with Crippen molar-refractivity contribution in [3.63, 3.8) is 0 Å². The third kappa shape index (κ3) is 3.83. The first-order chi connectivity index (χ1) is 15.6. The van der Waals surface area contributed by atoms with E-state index in [-0.39, 0.29) is 10.6 Å². The number of nitro benzene ring substituents is 1. The summed E-state index contributed by atoms with van der Waals surface area (Å²) in [5, 5.41) is 12.5. The summed E-state index contributed by atoms with van der Waals surface area (Å²) in [7, 11) is 0. The van der Waals surface area contributed by atoms with E-state index >= 15 is 0 Å². The number of para-hydroxylation sites is 1. The predicted molar refractivity (Wildman–Crippen MR) is 133 cm³/mol. The fourth-order valence-electron chi connectivity index (χ4n) is 5.90. The second kappa shape index (κ2) is 8.89. The highest BCUT2D eigenvalue weighted by Crippen LogP contribution is 2.49. The van der Waals surface area contributed by atoms with Gasteiger partial charge in [0.1, 0.15) is 0 Å². The lowest BCUT2D eigenvalue weighted by molar-refractivity contribution is -0.384. The minimum Gasteiger partial charge on any atom is -0.342 e. The molecule has 5 nitrogen and oxygen atoms in total. The SMILES string of the molecule is CCc1cc([N+](=O)[O-])ccc1-c1ccccc1/N=C1/SCC2(CCCC2)N1C1CCCC1. The largest absolute Gasteiger partial charge is 0.342 e. The maximum atomic E-state index is 11.3. The van der Waals surface area contributed by atoms with E-state index in [1.165, 1.54) is 56.5 Å². The standard InChI is InChI=1S/C26H31N3O2S/c1-2-19-17-21(29(30)31)13-14-22(19)23-11-5-6-12-24(23)27-25-28(20-9-3-4-10-20)26(18-32-25)15-7-8-16-26/h5-6,11-14,17,20H,2-4,7-10,15-16,18H2,1H3/b27-25+. The first-order valence-corrected chi connectivity index (χ1v) is 13.0. The Morgan fingerprint density at radius 1 is 1.09 bits per heavy atom. The molecular weight excluding hydrogens is 418 g/mol. The molecule has 0 radical (unpaired) electrons. The molecule has 2 saturated carbocycles. The molecule has 0 unspecified atom stereocenters. The van der Waals surface area contributed by atoms with E-state index in [4.69, 9.17) is 4.99 Å². The second-order valence-corrected chi connectivity index (χ2v) is 10.3. The van der Waals surface area contributed by atoms with Crippen molar-refractivity contribution in [2.24, 2.45) is 4.99 Å². The minimum atomic E-state index is -0.315.